The summed E-state index contributed by atoms with van der Waals surface area (Å²) in [6.45, 7) is 3.29. The largest absolute Gasteiger partial charge is 0.488 e. The number of hydrogen-bond acceptors (Lipinski definition) is 2. The van der Waals surface area contributed by atoms with Crippen LogP contribution in [0.25, 0.3) is 10.8 Å². The highest BCUT2D eigenvalue weighted by Gasteiger charge is 2.13. The van der Waals surface area contributed by atoms with Crippen LogP contribution in [-0.2, 0) is 19.6 Å². The first-order valence-electron chi connectivity index (χ1n) is 11.0. The van der Waals surface area contributed by atoms with Crippen LogP contribution in [0.15, 0.2) is 84.9 Å². The number of benzene rings is 4. The number of nitrogens with one attached hydrogen (secondary N) is 1. The van der Waals surface area contributed by atoms with Crippen LogP contribution in [0.4, 0.5) is 0 Å². The number of fused-ring (bicyclic) bond motifs is 1. The molecule has 2 nitrogen and oxygen atoms in total. The maximum absolute atomic E-state index is 6.34. The summed E-state index contributed by atoms with van der Waals surface area (Å²) in [5.74, 6) is 0.849. The Bertz CT molecular complexity index is 1160. The van der Waals surface area contributed by atoms with Gasteiger partial charge in [0.25, 0.3) is 0 Å². The van der Waals surface area contributed by atoms with E-state index in [1.807, 2.05) is 24.3 Å². The van der Waals surface area contributed by atoms with Crippen LogP contribution in [0.2, 0.25) is 10.0 Å². The smallest absolute Gasteiger partial charge is 0.124 e. The SMILES string of the molecule is C[C@H](CCc1ccccc1)NCc1c(OCc2c(Cl)cccc2Cl)ccc2ccccc12. The summed E-state index contributed by atoms with van der Waals surface area (Å²) in [6.07, 6.45) is 2.12. The highest BCUT2D eigenvalue weighted by atomic mass is 35.5. The molecule has 0 spiro atoms. The predicted octanol–water partition coefficient (Wildman–Crippen LogP) is 7.84. The van der Waals surface area contributed by atoms with E-state index in [1.54, 1.807) is 0 Å². The van der Waals surface area contributed by atoms with Gasteiger partial charge in [-0.15, -0.1) is 0 Å². The Morgan fingerprint density at radius 2 is 1.50 bits per heavy atom. The molecule has 0 aliphatic carbocycles. The maximum atomic E-state index is 6.34. The molecule has 4 aromatic rings. The Morgan fingerprint density at radius 3 is 2.28 bits per heavy atom. The Kier molecular flexibility index (Phi) is 7.70. The van der Waals surface area contributed by atoms with Crippen molar-refractivity contribution in [1.29, 1.82) is 0 Å². The van der Waals surface area contributed by atoms with Crippen LogP contribution >= 0.6 is 23.2 Å². The lowest BCUT2D eigenvalue weighted by Gasteiger charge is -2.19. The standard InChI is InChI=1S/C28H27Cl2NO/c1-20(14-15-21-8-3-2-4-9-21)31-18-24-23-11-6-5-10-22(23)16-17-28(24)32-19-25-26(29)12-7-13-27(25)30/h2-13,16-17,20,31H,14-15,18-19H2,1H3/t20-/m1/s1. The second kappa shape index (κ2) is 10.9. The molecule has 0 saturated heterocycles. The summed E-state index contributed by atoms with van der Waals surface area (Å²) in [4.78, 5) is 0. The van der Waals surface area contributed by atoms with Crippen molar-refractivity contribution >= 4 is 34.0 Å². The van der Waals surface area contributed by atoms with E-state index in [2.05, 4.69) is 72.9 Å². The summed E-state index contributed by atoms with van der Waals surface area (Å²) in [6, 6.07) is 29.1. The van der Waals surface area contributed by atoms with E-state index in [0.29, 0.717) is 22.7 Å². The summed E-state index contributed by atoms with van der Waals surface area (Å²) in [7, 11) is 0. The van der Waals surface area contributed by atoms with Crippen LogP contribution in [0.1, 0.15) is 30.0 Å². The van der Waals surface area contributed by atoms with E-state index in [-0.39, 0.29) is 0 Å². The van der Waals surface area contributed by atoms with Crippen LogP contribution in [0.5, 0.6) is 5.75 Å². The fraction of sp³-hybridized carbons (Fsp3) is 0.214. The van der Waals surface area contributed by atoms with Crippen LogP contribution < -0.4 is 10.1 Å². The van der Waals surface area contributed by atoms with Gasteiger partial charge < -0.3 is 10.1 Å². The van der Waals surface area contributed by atoms with Gasteiger partial charge in [0.2, 0.25) is 0 Å². The molecule has 4 heteroatoms. The zero-order chi connectivity index (χ0) is 22.3. The number of ether oxygens (including phenoxy) is 1. The summed E-state index contributed by atoms with van der Waals surface area (Å²) >= 11 is 12.7. The van der Waals surface area contributed by atoms with Gasteiger partial charge in [-0.3, -0.25) is 0 Å². The molecular weight excluding hydrogens is 437 g/mol. The maximum Gasteiger partial charge on any atom is 0.124 e. The Morgan fingerprint density at radius 1 is 0.781 bits per heavy atom. The lowest BCUT2D eigenvalue weighted by atomic mass is 10.0. The summed E-state index contributed by atoms with van der Waals surface area (Å²) < 4.78 is 6.25. The quantitative estimate of drug-likeness (QED) is 0.273. The molecule has 0 unspecified atom stereocenters. The topological polar surface area (TPSA) is 21.3 Å². The van der Waals surface area contributed by atoms with Crippen LogP contribution in [0, 0.1) is 0 Å². The van der Waals surface area contributed by atoms with Crippen molar-refractivity contribution in [1.82, 2.24) is 5.32 Å². The fourth-order valence-electron chi connectivity index (χ4n) is 3.86. The van der Waals surface area contributed by atoms with E-state index in [0.717, 1.165) is 36.3 Å². The van der Waals surface area contributed by atoms with Crippen molar-refractivity contribution in [3.8, 4) is 5.75 Å². The average Bonchev–Trinajstić information content (AvgIpc) is 2.82. The monoisotopic (exact) mass is 463 g/mol. The zero-order valence-electron chi connectivity index (χ0n) is 18.2. The predicted molar refractivity (Wildman–Crippen MR) is 136 cm³/mol. The highest BCUT2D eigenvalue weighted by Crippen LogP contribution is 2.31. The molecule has 1 atom stereocenters. The normalized spacial score (nSPS) is 12.1. The molecule has 1 N–H and O–H groups in total. The van der Waals surface area contributed by atoms with Crippen molar-refractivity contribution in [2.75, 3.05) is 0 Å². The molecule has 0 heterocycles. The molecule has 0 saturated carbocycles. The molecule has 164 valence electrons. The second-order valence-electron chi connectivity index (χ2n) is 8.06. The second-order valence-corrected chi connectivity index (χ2v) is 8.87. The van der Waals surface area contributed by atoms with Gasteiger partial charge in [0.1, 0.15) is 12.4 Å². The van der Waals surface area contributed by atoms with Crippen molar-refractivity contribution in [2.45, 2.75) is 39.0 Å². The number of halogens is 2. The molecule has 0 aliphatic heterocycles. The lowest BCUT2D eigenvalue weighted by molar-refractivity contribution is 0.302. The molecule has 32 heavy (non-hydrogen) atoms. The molecule has 0 bridgehead atoms. The third-order valence-corrected chi connectivity index (χ3v) is 6.48. The number of hydrogen-bond donors (Lipinski definition) is 1. The molecule has 4 aromatic carbocycles. The zero-order valence-corrected chi connectivity index (χ0v) is 19.7. The van der Waals surface area contributed by atoms with Crippen molar-refractivity contribution in [3.05, 3.63) is 112 Å². The van der Waals surface area contributed by atoms with Crippen LogP contribution in [-0.4, -0.2) is 6.04 Å². The third kappa shape index (κ3) is 5.63. The Balaban J connectivity index is 1.50. The van der Waals surface area contributed by atoms with Crippen molar-refractivity contribution in [3.63, 3.8) is 0 Å². The first kappa shape index (κ1) is 22.7. The number of aryl methyl sites for hydroxylation is 1. The van der Waals surface area contributed by atoms with Gasteiger partial charge in [-0.1, -0.05) is 89.9 Å². The molecule has 4 rings (SSSR count). The Hall–Kier alpha value is -2.52. The van der Waals surface area contributed by atoms with E-state index >= 15 is 0 Å². The first-order valence-corrected chi connectivity index (χ1v) is 11.7. The molecule has 0 aromatic heterocycles. The fourth-order valence-corrected chi connectivity index (χ4v) is 4.37. The van der Waals surface area contributed by atoms with Gasteiger partial charge in [-0.25, -0.2) is 0 Å². The minimum absolute atomic E-state index is 0.327. The highest BCUT2D eigenvalue weighted by molar-refractivity contribution is 6.35. The van der Waals surface area contributed by atoms with E-state index in [1.165, 1.54) is 16.3 Å². The number of rotatable bonds is 9. The lowest BCUT2D eigenvalue weighted by Crippen LogP contribution is -2.26. The summed E-state index contributed by atoms with van der Waals surface area (Å²) in [5.41, 5.74) is 3.32. The van der Waals surface area contributed by atoms with Gasteiger partial charge in [0, 0.05) is 33.8 Å². The molecule has 0 radical (unpaired) electrons. The molecular formula is C28H27Cl2NO. The molecule has 0 aliphatic rings. The van der Waals surface area contributed by atoms with Crippen LogP contribution in [0.3, 0.4) is 0 Å². The van der Waals surface area contributed by atoms with Gasteiger partial charge in [0.15, 0.2) is 0 Å². The average molecular weight is 464 g/mol. The van der Waals surface area contributed by atoms with Crippen molar-refractivity contribution in [2.24, 2.45) is 0 Å². The van der Waals surface area contributed by atoms with Gasteiger partial charge in [-0.2, -0.15) is 0 Å². The minimum Gasteiger partial charge on any atom is -0.488 e. The van der Waals surface area contributed by atoms with E-state index < -0.39 is 0 Å². The van der Waals surface area contributed by atoms with Crippen molar-refractivity contribution < 1.29 is 4.74 Å². The van der Waals surface area contributed by atoms with Gasteiger partial charge in [-0.05, 0) is 54.3 Å². The van der Waals surface area contributed by atoms with Gasteiger partial charge >= 0.3 is 0 Å². The minimum atomic E-state index is 0.327. The Labute approximate surface area is 200 Å². The van der Waals surface area contributed by atoms with E-state index in [9.17, 15) is 0 Å². The summed E-state index contributed by atoms with van der Waals surface area (Å²) in [5, 5.41) is 7.32. The molecule has 0 fully saturated rings. The van der Waals surface area contributed by atoms with Gasteiger partial charge in [0.05, 0.1) is 0 Å². The molecule has 0 amide bonds. The van der Waals surface area contributed by atoms with E-state index in [4.69, 9.17) is 27.9 Å². The first-order chi connectivity index (χ1) is 15.6. The third-order valence-electron chi connectivity index (χ3n) is 5.77.